The maximum absolute atomic E-state index is 12.5. The Morgan fingerprint density at radius 1 is 0.893 bits per heavy atom. The van der Waals surface area contributed by atoms with Gasteiger partial charge in [0.05, 0.1) is 12.7 Å². The number of hydrogen-bond donors (Lipinski definition) is 0. The van der Waals surface area contributed by atoms with Crippen LogP contribution in [0.15, 0.2) is 83.4 Å². The summed E-state index contributed by atoms with van der Waals surface area (Å²) in [5.41, 5.74) is 2.81. The summed E-state index contributed by atoms with van der Waals surface area (Å²) < 4.78 is 11.4. The average molecular weight is 371 g/mol. The molecule has 28 heavy (non-hydrogen) atoms. The molecule has 138 valence electrons. The molecule has 0 saturated carbocycles. The molecule has 0 fully saturated rings. The van der Waals surface area contributed by atoms with Crippen LogP contribution in [0.25, 0.3) is 22.8 Å². The van der Waals surface area contributed by atoms with Crippen molar-refractivity contribution in [3.05, 3.63) is 89.6 Å². The van der Waals surface area contributed by atoms with Crippen molar-refractivity contribution in [2.75, 3.05) is 7.11 Å². The molecule has 4 rings (SSSR count). The van der Waals surface area contributed by atoms with Gasteiger partial charge in [-0.1, -0.05) is 47.6 Å². The standard InChI is InChI=1S/C22H17N3O3/c1-27-20-10-6-5-9-18(20)15-25(26)19-13-11-17(12-14-19)22-23-21(24-28-22)16-7-3-2-4-8-16/h2-15H,1H3/b25-15-. The van der Waals surface area contributed by atoms with Crippen LogP contribution in [0.5, 0.6) is 5.75 Å². The Bertz CT molecular complexity index is 1100. The Morgan fingerprint density at radius 3 is 2.36 bits per heavy atom. The van der Waals surface area contributed by atoms with Crippen LogP contribution >= 0.6 is 0 Å². The highest BCUT2D eigenvalue weighted by Crippen LogP contribution is 2.24. The molecule has 6 heteroatoms. The first kappa shape index (κ1) is 17.5. The first-order valence-corrected chi connectivity index (χ1v) is 8.68. The lowest BCUT2D eigenvalue weighted by Gasteiger charge is -2.06. The molecule has 0 saturated heterocycles. The van der Waals surface area contributed by atoms with Gasteiger partial charge in [0.2, 0.25) is 11.5 Å². The average Bonchev–Trinajstić information content (AvgIpc) is 3.25. The second-order valence-electron chi connectivity index (χ2n) is 6.03. The van der Waals surface area contributed by atoms with E-state index in [1.165, 1.54) is 6.21 Å². The summed E-state index contributed by atoms with van der Waals surface area (Å²) in [5.74, 6) is 1.56. The third-order valence-electron chi connectivity index (χ3n) is 4.22. The maximum atomic E-state index is 12.5. The van der Waals surface area contributed by atoms with Crippen LogP contribution in [0.2, 0.25) is 0 Å². The molecule has 1 aromatic heterocycles. The minimum Gasteiger partial charge on any atom is -0.618 e. The quantitative estimate of drug-likeness (QED) is 0.220. The van der Waals surface area contributed by atoms with E-state index in [2.05, 4.69) is 10.1 Å². The van der Waals surface area contributed by atoms with Crippen molar-refractivity contribution >= 4 is 11.9 Å². The summed E-state index contributed by atoms with van der Waals surface area (Å²) in [4.78, 5) is 4.42. The number of para-hydroxylation sites is 1. The lowest BCUT2D eigenvalue weighted by Crippen LogP contribution is -2.00. The first-order valence-electron chi connectivity index (χ1n) is 8.68. The van der Waals surface area contributed by atoms with Gasteiger partial charge in [-0.3, -0.25) is 0 Å². The summed E-state index contributed by atoms with van der Waals surface area (Å²) in [6.07, 6.45) is 1.48. The minimum atomic E-state index is 0.400. The zero-order chi connectivity index (χ0) is 19.3. The van der Waals surface area contributed by atoms with Crippen LogP contribution in [-0.2, 0) is 0 Å². The topological polar surface area (TPSA) is 74.2 Å². The number of aromatic nitrogens is 2. The number of nitrogens with zero attached hydrogens (tertiary/aromatic N) is 3. The highest BCUT2D eigenvalue weighted by molar-refractivity contribution is 5.80. The van der Waals surface area contributed by atoms with Crippen molar-refractivity contribution in [2.45, 2.75) is 0 Å². The van der Waals surface area contributed by atoms with Gasteiger partial charge in [0, 0.05) is 23.3 Å². The number of rotatable bonds is 5. The van der Waals surface area contributed by atoms with E-state index in [0.29, 0.717) is 28.7 Å². The van der Waals surface area contributed by atoms with Gasteiger partial charge in [-0.2, -0.15) is 9.72 Å². The molecule has 4 aromatic rings. The number of methoxy groups -OCH3 is 1. The van der Waals surface area contributed by atoms with Crippen LogP contribution in [0.1, 0.15) is 5.56 Å². The van der Waals surface area contributed by atoms with E-state index in [9.17, 15) is 5.21 Å². The Morgan fingerprint density at radius 2 is 1.61 bits per heavy atom. The van der Waals surface area contributed by atoms with Gasteiger partial charge >= 0.3 is 0 Å². The Kier molecular flexibility index (Phi) is 4.84. The third-order valence-corrected chi connectivity index (χ3v) is 4.22. The summed E-state index contributed by atoms with van der Waals surface area (Å²) in [5, 5.41) is 16.5. The molecular weight excluding hydrogens is 354 g/mol. The third kappa shape index (κ3) is 3.61. The molecule has 0 N–H and O–H groups in total. The van der Waals surface area contributed by atoms with Crippen LogP contribution < -0.4 is 4.74 Å². The smallest absolute Gasteiger partial charge is 0.258 e. The van der Waals surface area contributed by atoms with E-state index in [0.717, 1.165) is 15.9 Å². The fourth-order valence-corrected chi connectivity index (χ4v) is 2.77. The highest BCUT2D eigenvalue weighted by atomic mass is 16.5. The minimum absolute atomic E-state index is 0.400. The molecule has 0 spiro atoms. The van der Waals surface area contributed by atoms with E-state index in [4.69, 9.17) is 9.26 Å². The molecule has 1 heterocycles. The maximum Gasteiger partial charge on any atom is 0.258 e. The Balaban J connectivity index is 1.57. The second-order valence-corrected chi connectivity index (χ2v) is 6.03. The van der Waals surface area contributed by atoms with Gasteiger partial charge in [0.25, 0.3) is 5.89 Å². The number of ether oxygens (including phenoxy) is 1. The Labute approximate surface area is 161 Å². The van der Waals surface area contributed by atoms with Gasteiger partial charge in [0.1, 0.15) is 5.75 Å². The van der Waals surface area contributed by atoms with Crippen molar-refractivity contribution in [3.8, 4) is 28.6 Å². The van der Waals surface area contributed by atoms with Crippen molar-refractivity contribution in [3.63, 3.8) is 0 Å². The molecular formula is C22H17N3O3. The lowest BCUT2D eigenvalue weighted by molar-refractivity contribution is -0.354. The Hall–Kier alpha value is -3.93. The van der Waals surface area contributed by atoms with Crippen LogP contribution in [-0.4, -0.2) is 28.2 Å². The molecule has 0 amide bonds. The summed E-state index contributed by atoms with van der Waals surface area (Å²) >= 11 is 0. The van der Waals surface area contributed by atoms with Gasteiger partial charge in [0.15, 0.2) is 6.21 Å². The van der Waals surface area contributed by atoms with Crippen molar-refractivity contribution in [1.82, 2.24) is 10.1 Å². The molecule has 0 atom stereocenters. The zero-order valence-corrected chi connectivity index (χ0v) is 15.1. The van der Waals surface area contributed by atoms with Crippen LogP contribution in [0, 0.1) is 5.21 Å². The molecule has 0 aliphatic rings. The number of hydrogen-bond acceptors (Lipinski definition) is 5. The summed E-state index contributed by atoms with van der Waals surface area (Å²) in [7, 11) is 1.57. The van der Waals surface area contributed by atoms with Gasteiger partial charge in [-0.05, 0) is 24.3 Å². The van der Waals surface area contributed by atoms with Crippen LogP contribution in [0.3, 0.4) is 0 Å². The number of benzene rings is 3. The molecule has 0 aliphatic carbocycles. The molecule has 6 nitrogen and oxygen atoms in total. The summed E-state index contributed by atoms with van der Waals surface area (Å²) in [6, 6.07) is 23.9. The van der Waals surface area contributed by atoms with E-state index in [1.807, 2.05) is 54.6 Å². The second kappa shape index (κ2) is 7.75. The van der Waals surface area contributed by atoms with E-state index >= 15 is 0 Å². The predicted molar refractivity (Wildman–Crippen MR) is 107 cm³/mol. The largest absolute Gasteiger partial charge is 0.618 e. The monoisotopic (exact) mass is 371 g/mol. The predicted octanol–water partition coefficient (Wildman–Crippen LogP) is 4.67. The highest BCUT2D eigenvalue weighted by Gasteiger charge is 2.12. The normalized spacial score (nSPS) is 11.4. The van der Waals surface area contributed by atoms with Gasteiger partial charge in [-0.15, -0.1) is 0 Å². The molecule has 0 radical (unpaired) electrons. The first-order chi connectivity index (χ1) is 13.7. The zero-order valence-electron chi connectivity index (χ0n) is 15.1. The fraction of sp³-hybridized carbons (Fsp3) is 0.0455. The summed E-state index contributed by atoms with van der Waals surface area (Å²) in [6.45, 7) is 0. The lowest BCUT2D eigenvalue weighted by atomic mass is 10.2. The van der Waals surface area contributed by atoms with Gasteiger partial charge < -0.3 is 14.5 Å². The van der Waals surface area contributed by atoms with E-state index < -0.39 is 0 Å². The van der Waals surface area contributed by atoms with Crippen LogP contribution in [0.4, 0.5) is 5.69 Å². The molecule has 0 bridgehead atoms. The molecule has 3 aromatic carbocycles. The van der Waals surface area contributed by atoms with Crippen molar-refractivity contribution in [1.29, 1.82) is 0 Å². The fourth-order valence-electron chi connectivity index (χ4n) is 2.77. The van der Waals surface area contributed by atoms with E-state index in [-0.39, 0.29) is 0 Å². The van der Waals surface area contributed by atoms with Gasteiger partial charge in [-0.25, -0.2) is 0 Å². The molecule has 0 unspecified atom stereocenters. The molecule has 0 aliphatic heterocycles. The van der Waals surface area contributed by atoms with Crippen molar-refractivity contribution in [2.24, 2.45) is 0 Å². The van der Waals surface area contributed by atoms with E-state index in [1.54, 1.807) is 31.4 Å². The van der Waals surface area contributed by atoms with Crippen molar-refractivity contribution < 1.29 is 14.0 Å². The SMILES string of the molecule is COc1ccccc1/C=[N+](\[O-])c1ccc(-c2nc(-c3ccccc3)no2)cc1.